The molecule has 0 radical (unpaired) electrons. The van der Waals surface area contributed by atoms with Crippen molar-refractivity contribution in [2.24, 2.45) is 0 Å². The summed E-state index contributed by atoms with van der Waals surface area (Å²) in [4.78, 5) is 0.152. The van der Waals surface area contributed by atoms with Crippen molar-refractivity contribution in [3.05, 3.63) is 23.8 Å². The maximum absolute atomic E-state index is 12.3. The molecule has 0 atom stereocenters. The minimum Gasteiger partial charge on any atom is -0.497 e. The van der Waals surface area contributed by atoms with Crippen LogP contribution in [0, 0.1) is 6.92 Å². The van der Waals surface area contributed by atoms with E-state index >= 15 is 0 Å². The van der Waals surface area contributed by atoms with Gasteiger partial charge in [0.05, 0.1) is 18.3 Å². The third-order valence-corrected chi connectivity index (χ3v) is 6.19. The van der Waals surface area contributed by atoms with Gasteiger partial charge in [-0.05, 0) is 37.1 Å². The predicted molar refractivity (Wildman–Crippen MR) is 89.6 cm³/mol. The maximum atomic E-state index is 12.3. The molecule has 0 aromatic heterocycles. The SMILES string of the molecule is CCCN(CCNS(=O)(=O)c1ccc(OC)cc1C)S(C)(=O)=O. The molecule has 0 spiro atoms. The molecule has 0 bridgehead atoms. The Kier molecular flexibility index (Phi) is 7.00. The lowest BCUT2D eigenvalue weighted by Crippen LogP contribution is -2.38. The Morgan fingerprint density at radius 1 is 1.17 bits per heavy atom. The molecule has 0 aliphatic heterocycles. The molecule has 1 aromatic rings. The Morgan fingerprint density at radius 2 is 1.83 bits per heavy atom. The van der Waals surface area contributed by atoms with Crippen LogP contribution in [0.1, 0.15) is 18.9 Å². The first-order valence-corrected chi connectivity index (χ1v) is 10.5. The van der Waals surface area contributed by atoms with Crippen LogP contribution in [-0.4, -0.2) is 54.1 Å². The van der Waals surface area contributed by atoms with Crippen LogP contribution in [0.15, 0.2) is 23.1 Å². The summed E-state index contributed by atoms with van der Waals surface area (Å²) in [5.74, 6) is 0.577. The van der Waals surface area contributed by atoms with E-state index in [1.807, 2.05) is 6.92 Å². The highest BCUT2D eigenvalue weighted by Crippen LogP contribution is 2.20. The fourth-order valence-electron chi connectivity index (χ4n) is 2.13. The lowest BCUT2D eigenvalue weighted by Gasteiger charge is -2.19. The zero-order valence-electron chi connectivity index (χ0n) is 13.9. The van der Waals surface area contributed by atoms with E-state index in [0.717, 1.165) is 6.26 Å². The van der Waals surface area contributed by atoms with Crippen molar-refractivity contribution < 1.29 is 21.6 Å². The molecule has 0 heterocycles. The van der Waals surface area contributed by atoms with Gasteiger partial charge in [0.1, 0.15) is 5.75 Å². The van der Waals surface area contributed by atoms with Crippen molar-refractivity contribution in [1.82, 2.24) is 9.03 Å². The second-order valence-corrected chi connectivity index (χ2v) is 8.91. The first kappa shape index (κ1) is 19.9. The smallest absolute Gasteiger partial charge is 0.240 e. The summed E-state index contributed by atoms with van der Waals surface area (Å²) in [5.41, 5.74) is 0.561. The lowest BCUT2D eigenvalue weighted by atomic mass is 10.2. The second kappa shape index (κ2) is 8.09. The summed E-state index contributed by atoms with van der Waals surface area (Å²) in [6.07, 6.45) is 1.78. The number of hydrogen-bond donors (Lipinski definition) is 1. The predicted octanol–water partition coefficient (Wildman–Crippen LogP) is 0.954. The van der Waals surface area contributed by atoms with Crippen molar-refractivity contribution in [1.29, 1.82) is 0 Å². The third kappa shape index (κ3) is 5.76. The molecule has 0 amide bonds. The van der Waals surface area contributed by atoms with E-state index in [-0.39, 0.29) is 18.0 Å². The van der Waals surface area contributed by atoms with Gasteiger partial charge in [0, 0.05) is 19.6 Å². The Balaban J connectivity index is 2.80. The van der Waals surface area contributed by atoms with E-state index in [1.54, 1.807) is 19.1 Å². The molecule has 0 aliphatic rings. The van der Waals surface area contributed by atoms with Gasteiger partial charge >= 0.3 is 0 Å². The molecule has 0 fully saturated rings. The van der Waals surface area contributed by atoms with Gasteiger partial charge in [0.15, 0.2) is 0 Å². The summed E-state index contributed by atoms with van der Waals surface area (Å²) < 4.78 is 56.6. The fourth-order valence-corrected chi connectivity index (χ4v) is 4.31. The monoisotopic (exact) mass is 364 g/mol. The minimum atomic E-state index is -3.70. The van der Waals surface area contributed by atoms with Crippen molar-refractivity contribution in [3.8, 4) is 5.75 Å². The molecule has 1 N–H and O–H groups in total. The second-order valence-electron chi connectivity index (χ2n) is 5.19. The van der Waals surface area contributed by atoms with Crippen LogP contribution in [0.2, 0.25) is 0 Å². The molecule has 0 saturated heterocycles. The summed E-state index contributed by atoms with van der Waals surface area (Å²) in [7, 11) is -5.54. The Hall–Kier alpha value is -1.16. The zero-order valence-corrected chi connectivity index (χ0v) is 15.5. The molecule has 0 saturated carbocycles. The lowest BCUT2D eigenvalue weighted by molar-refractivity contribution is 0.413. The van der Waals surface area contributed by atoms with E-state index in [9.17, 15) is 16.8 Å². The highest BCUT2D eigenvalue weighted by Gasteiger charge is 2.19. The van der Waals surface area contributed by atoms with Crippen molar-refractivity contribution >= 4 is 20.0 Å². The van der Waals surface area contributed by atoms with Crippen LogP contribution in [-0.2, 0) is 20.0 Å². The van der Waals surface area contributed by atoms with Gasteiger partial charge in [-0.1, -0.05) is 6.92 Å². The first-order chi connectivity index (χ1) is 10.6. The number of methoxy groups -OCH3 is 1. The van der Waals surface area contributed by atoms with E-state index in [1.165, 1.54) is 17.5 Å². The summed E-state index contributed by atoms with van der Waals surface area (Å²) in [6.45, 7) is 4.02. The molecule has 7 nitrogen and oxygen atoms in total. The quantitative estimate of drug-likeness (QED) is 0.704. The highest BCUT2D eigenvalue weighted by atomic mass is 32.2. The van der Waals surface area contributed by atoms with Gasteiger partial charge in [-0.15, -0.1) is 0 Å². The van der Waals surface area contributed by atoms with E-state index < -0.39 is 20.0 Å². The molecule has 132 valence electrons. The van der Waals surface area contributed by atoms with Crippen LogP contribution < -0.4 is 9.46 Å². The molecule has 23 heavy (non-hydrogen) atoms. The molecule has 1 aromatic carbocycles. The van der Waals surface area contributed by atoms with E-state index in [2.05, 4.69) is 4.72 Å². The van der Waals surface area contributed by atoms with Gasteiger partial charge in [-0.25, -0.2) is 25.9 Å². The molecule has 0 unspecified atom stereocenters. The number of hydrogen-bond acceptors (Lipinski definition) is 5. The van der Waals surface area contributed by atoms with Gasteiger partial charge in [-0.3, -0.25) is 0 Å². The van der Waals surface area contributed by atoms with Gasteiger partial charge in [0.25, 0.3) is 0 Å². The van der Waals surface area contributed by atoms with Crippen LogP contribution in [0.25, 0.3) is 0 Å². The largest absolute Gasteiger partial charge is 0.497 e. The standard InChI is InChI=1S/C14H24N2O5S2/c1-5-9-16(22(4,17)18)10-8-15-23(19,20)14-7-6-13(21-3)11-12(14)2/h6-7,11,15H,5,8-10H2,1-4H3. The van der Waals surface area contributed by atoms with Crippen LogP contribution in [0.5, 0.6) is 5.75 Å². The van der Waals surface area contributed by atoms with Crippen LogP contribution in [0.3, 0.4) is 0 Å². The number of ether oxygens (including phenoxy) is 1. The average Bonchev–Trinajstić information content (AvgIpc) is 2.44. The number of benzene rings is 1. The van der Waals surface area contributed by atoms with Crippen molar-refractivity contribution in [2.45, 2.75) is 25.2 Å². The third-order valence-electron chi connectivity index (χ3n) is 3.27. The minimum absolute atomic E-state index is 0.0148. The number of aryl methyl sites for hydroxylation is 1. The number of nitrogens with zero attached hydrogens (tertiary/aromatic N) is 1. The first-order valence-electron chi connectivity index (χ1n) is 7.21. The Bertz CT molecular complexity index is 730. The Morgan fingerprint density at radius 3 is 2.30 bits per heavy atom. The van der Waals surface area contributed by atoms with Gasteiger partial charge < -0.3 is 4.74 Å². The Labute approximate surface area is 138 Å². The topological polar surface area (TPSA) is 92.8 Å². The van der Waals surface area contributed by atoms with E-state index in [4.69, 9.17) is 4.74 Å². The molecule has 9 heteroatoms. The molecule has 0 aliphatic carbocycles. The fraction of sp³-hybridized carbons (Fsp3) is 0.571. The van der Waals surface area contributed by atoms with Gasteiger partial charge in [0.2, 0.25) is 20.0 Å². The summed E-state index contributed by atoms with van der Waals surface area (Å²) in [5, 5.41) is 0. The van der Waals surface area contributed by atoms with Crippen molar-refractivity contribution in [2.75, 3.05) is 33.0 Å². The van der Waals surface area contributed by atoms with Crippen molar-refractivity contribution in [3.63, 3.8) is 0 Å². The zero-order chi connectivity index (χ0) is 17.7. The van der Waals surface area contributed by atoms with Crippen LogP contribution >= 0.6 is 0 Å². The number of sulfonamides is 2. The van der Waals surface area contributed by atoms with Gasteiger partial charge in [-0.2, -0.15) is 0 Å². The average molecular weight is 364 g/mol. The molecule has 1 rings (SSSR count). The highest BCUT2D eigenvalue weighted by molar-refractivity contribution is 7.89. The molecular weight excluding hydrogens is 340 g/mol. The normalized spacial score (nSPS) is 12.6. The van der Waals surface area contributed by atoms with Crippen LogP contribution in [0.4, 0.5) is 0 Å². The summed E-state index contributed by atoms with van der Waals surface area (Å²) in [6, 6.07) is 4.67. The molecular formula is C14H24N2O5S2. The number of rotatable bonds is 9. The van der Waals surface area contributed by atoms with E-state index in [0.29, 0.717) is 24.3 Å². The maximum Gasteiger partial charge on any atom is 0.240 e. The summed E-state index contributed by atoms with van der Waals surface area (Å²) >= 11 is 0. The number of nitrogens with one attached hydrogen (secondary N) is 1.